The van der Waals surface area contributed by atoms with Crippen LogP contribution in [0.5, 0.6) is 0 Å². The third kappa shape index (κ3) is 2.26. The molecule has 3 rings (SSSR count). The number of hydrogen-bond acceptors (Lipinski definition) is 3. The average Bonchev–Trinajstić information content (AvgIpc) is 2.97. The third-order valence-electron chi connectivity index (χ3n) is 3.13. The molecule has 0 spiro atoms. The highest BCUT2D eigenvalue weighted by molar-refractivity contribution is 6.08. The molecular formula is C15H14N4O. The summed E-state index contributed by atoms with van der Waals surface area (Å²) in [6.07, 6.45) is 3.44. The van der Waals surface area contributed by atoms with Crippen molar-refractivity contribution < 1.29 is 4.79 Å². The maximum atomic E-state index is 12.3. The molecule has 0 unspecified atom stereocenters. The molecule has 0 saturated carbocycles. The molecular weight excluding hydrogens is 252 g/mol. The summed E-state index contributed by atoms with van der Waals surface area (Å²) in [7, 11) is 0. The number of amides is 1. The summed E-state index contributed by atoms with van der Waals surface area (Å²) in [6, 6.07) is 11.0. The van der Waals surface area contributed by atoms with E-state index in [0.29, 0.717) is 17.8 Å². The van der Waals surface area contributed by atoms with Crippen molar-refractivity contribution in [2.75, 3.05) is 5.32 Å². The maximum absolute atomic E-state index is 12.3. The summed E-state index contributed by atoms with van der Waals surface area (Å²) in [6.45, 7) is 0.314. The van der Waals surface area contributed by atoms with Crippen LogP contribution in [-0.2, 0) is 6.54 Å². The van der Waals surface area contributed by atoms with Crippen molar-refractivity contribution in [1.82, 2.24) is 9.97 Å². The summed E-state index contributed by atoms with van der Waals surface area (Å²) in [5.41, 5.74) is 8.54. The second kappa shape index (κ2) is 5.14. The number of rotatable bonds is 3. The van der Waals surface area contributed by atoms with E-state index in [1.54, 1.807) is 18.3 Å². The standard InChI is InChI=1S/C15H14N4O/c16-9-11-8-10(4-6-17-11)15(20)19-14-3-1-2-13-12(14)5-7-18-13/h1-8,18H,9,16H2,(H,19,20). The normalized spacial score (nSPS) is 10.7. The molecule has 100 valence electrons. The van der Waals surface area contributed by atoms with E-state index >= 15 is 0 Å². The summed E-state index contributed by atoms with van der Waals surface area (Å²) in [5, 5.41) is 3.89. The number of pyridine rings is 1. The predicted molar refractivity (Wildman–Crippen MR) is 78.4 cm³/mol. The number of H-pyrrole nitrogens is 1. The topological polar surface area (TPSA) is 83.8 Å². The zero-order valence-corrected chi connectivity index (χ0v) is 10.8. The van der Waals surface area contributed by atoms with E-state index in [0.717, 1.165) is 16.6 Å². The summed E-state index contributed by atoms with van der Waals surface area (Å²) in [5.74, 6) is -0.171. The van der Waals surface area contributed by atoms with Gasteiger partial charge in [0.1, 0.15) is 0 Å². The van der Waals surface area contributed by atoms with Gasteiger partial charge >= 0.3 is 0 Å². The number of aromatic nitrogens is 2. The Bertz CT molecular complexity index is 763. The molecule has 2 heterocycles. The van der Waals surface area contributed by atoms with Crippen molar-refractivity contribution in [3.8, 4) is 0 Å². The highest BCUT2D eigenvalue weighted by Gasteiger charge is 2.09. The Kier molecular flexibility index (Phi) is 3.18. The molecule has 5 nitrogen and oxygen atoms in total. The molecule has 2 aromatic heterocycles. The van der Waals surface area contributed by atoms with Crippen LogP contribution in [0.4, 0.5) is 5.69 Å². The average molecular weight is 266 g/mol. The van der Waals surface area contributed by atoms with E-state index in [1.165, 1.54) is 0 Å². The largest absolute Gasteiger partial charge is 0.361 e. The highest BCUT2D eigenvalue weighted by atomic mass is 16.1. The first-order valence-electron chi connectivity index (χ1n) is 6.30. The van der Waals surface area contributed by atoms with Gasteiger partial charge in [0.05, 0.1) is 11.4 Å². The van der Waals surface area contributed by atoms with Crippen LogP contribution in [0.2, 0.25) is 0 Å². The minimum absolute atomic E-state index is 0.171. The predicted octanol–water partition coefficient (Wildman–Crippen LogP) is 2.27. The number of benzene rings is 1. The van der Waals surface area contributed by atoms with Gasteiger partial charge in [-0.3, -0.25) is 9.78 Å². The van der Waals surface area contributed by atoms with Crippen LogP contribution in [0.3, 0.4) is 0 Å². The minimum Gasteiger partial charge on any atom is -0.361 e. The van der Waals surface area contributed by atoms with Crippen LogP contribution in [0.1, 0.15) is 16.1 Å². The van der Waals surface area contributed by atoms with Gasteiger partial charge < -0.3 is 16.0 Å². The number of nitrogens with two attached hydrogens (primary N) is 1. The van der Waals surface area contributed by atoms with E-state index in [-0.39, 0.29) is 5.91 Å². The number of nitrogens with zero attached hydrogens (tertiary/aromatic N) is 1. The van der Waals surface area contributed by atoms with Gasteiger partial charge in [-0.15, -0.1) is 0 Å². The lowest BCUT2D eigenvalue weighted by atomic mass is 10.2. The van der Waals surface area contributed by atoms with E-state index in [9.17, 15) is 4.79 Å². The minimum atomic E-state index is -0.171. The second-order valence-electron chi connectivity index (χ2n) is 4.44. The van der Waals surface area contributed by atoms with Gasteiger partial charge in [0.15, 0.2) is 0 Å². The van der Waals surface area contributed by atoms with E-state index in [1.807, 2.05) is 30.5 Å². The van der Waals surface area contributed by atoms with Crippen LogP contribution in [-0.4, -0.2) is 15.9 Å². The Hall–Kier alpha value is -2.66. The molecule has 0 radical (unpaired) electrons. The SMILES string of the molecule is NCc1cc(C(=O)Nc2cccc3[nH]ccc23)ccn1. The number of anilines is 1. The van der Waals surface area contributed by atoms with Crippen molar-refractivity contribution in [2.24, 2.45) is 5.73 Å². The molecule has 4 N–H and O–H groups in total. The van der Waals surface area contributed by atoms with Crippen molar-refractivity contribution in [3.63, 3.8) is 0 Å². The fourth-order valence-corrected chi connectivity index (χ4v) is 2.12. The van der Waals surface area contributed by atoms with Crippen molar-refractivity contribution in [1.29, 1.82) is 0 Å². The number of nitrogens with one attached hydrogen (secondary N) is 2. The molecule has 0 aliphatic heterocycles. The fraction of sp³-hybridized carbons (Fsp3) is 0.0667. The lowest BCUT2D eigenvalue weighted by Gasteiger charge is -2.07. The number of carbonyl (C=O) groups excluding carboxylic acids is 1. The monoisotopic (exact) mass is 266 g/mol. The zero-order chi connectivity index (χ0) is 13.9. The van der Waals surface area contributed by atoms with Gasteiger partial charge in [-0.05, 0) is 30.3 Å². The van der Waals surface area contributed by atoms with Gasteiger partial charge in [-0.2, -0.15) is 0 Å². The van der Waals surface area contributed by atoms with E-state index < -0.39 is 0 Å². The number of fused-ring (bicyclic) bond motifs is 1. The molecule has 1 aromatic carbocycles. The first-order chi connectivity index (χ1) is 9.78. The molecule has 1 amide bonds. The Morgan fingerprint density at radius 3 is 3.05 bits per heavy atom. The fourth-order valence-electron chi connectivity index (χ4n) is 2.12. The highest BCUT2D eigenvalue weighted by Crippen LogP contribution is 2.22. The Morgan fingerprint density at radius 2 is 2.20 bits per heavy atom. The number of aromatic amines is 1. The zero-order valence-electron chi connectivity index (χ0n) is 10.8. The Morgan fingerprint density at radius 1 is 1.30 bits per heavy atom. The molecule has 20 heavy (non-hydrogen) atoms. The van der Waals surface area contributed by atoms with Crippen LogP contribution < -0.4 is 11.1 Å². The summed E-state index contributed by atoms with van der Waals surface area (Å²) < 4.78 is 0. The molecule has 0 atom stereocenters. The summed E-state index contributed by atoms with van der Waals surface area (Å²) in [4.78, 5) is 19.5. The lowest BCUT2D eigenvalue weighted by Crippen LogP contribution is -2.13. The Labute approximate surface area is 115 Å². The molecule has 0 fully saturated rings. The van der Waals surface area contributed by atoms with Crippen molar-refractivity contribution in [3.05, 3.63) is 60.0 Å². The van der Waals surface area contributed by atoms with Gasteiger partial charge in [-0.25, -0.2) is 0 Å². The third-order valence-corrected chi connectivity index (χ3v) is 3.13. The summed E-state index contributed by atoms with van der Waals surface area (Å²) >= 11 is 0. The van der Waals surface area contributed by atoms with Crippen LogP contribution >= 0.6 is 0 Å². The van der Waals surface area contributed by atoms with Crippen LogP contribution in [0.25, 0.3) is 10.9 Å². The van der Waals surface area contributed by atoms with Crippen molar-refractivity contribution in [2.45, 2.75) is 6.54 Å². The van der Waals surface area contributed by atoms with Crippen molar-refractivity contribution >= 4 is 22.5 Å². The Balaban J connectivity index is 1.90. The van der Waals surface area contributed by atoms with E-state index in [4.69, 9.17) is 5.73 Å². The first kappa shape index (κ1) is 12.4. The maximum Gasteiger partial charge on any atom is 0.255 e. The first-order valence-corrected chi connectivity index (χ1v) is 6.30. The smallest absolute Gasteiger partial charge is 0.255 e. The van der Waals surface area contributed by atoms with Gasteiger partial charge in [0.25, 0.3) is 5.91 Å². The molecule has 0 aliphatic carbocycles. The molecule has 3 aromatic rings. The van der Waals surface area contributed by atoms with Gasteiger partial charge in [0.2, 0.25) is 0 Å². The molecule has 0 bridgehead atoms. The van der Waals surface area contributed by atoms with Crippen LogP contribution in [0, 0.1) is 0 Å². The van der Waals surface area contributed by atoms with Gasteiger partial charge in [-0.1, -0.05) is 6.07 Å². The number of hydrogen-bond donors (Lipinski definition) is 3. The van der Waals surface area contributed by atoms with Gasteiger partial charge in [0, 0.05) is 35.4 Å². The van der Waals surface area contributed by atoms with Crippen LogP contribution in [0.15, 0.2) is 48.8 Å². The molecule has 0 saturated heterocycles. The van der Waals surface area contributed by atoms with E-state index in [2.05, 4.69) is 15.3 Å². The second-order valence-corrected chi connectivity index (χ2v) is 4.44. The quantitative estimate of drug-likeness (QED) is 0.680. The molecule has 5 heteroatoms. The molecule has 0 aliphatic rings. The number of carbonyl (C=O) groups is 1. The lowest BCUT2D eigenvalue weighted by molar-refractivity contribution is 0.102.